The van der Waals surface area contributed by atoms with Crippen molar-refractivity contribution in [2.24, 2.45) is 5.41 Å². The summed E-state index contributed by atoms with van der Waals surface area (Å²) in [5.74, 6) is -1.33. The summed E-state index contributed by atoms with van der Waals surface area (Å²) in [5, 5.41) is 17.4. The first-order valence-electron chi connectivity index (χ1n) is 4.11. The lowest BCUT2D eigenvalue weighted by Crippen LogP contribution is -2.38. The van der Waals surface area contributed by atoms with Gasteiger partial charge in [-0.3, -0.25) is 4.79 Å². The average Bonchev–Trinajstić information content (AvgIpc) is 2.02. The summed E-state index contributed by atoms with van der Waals surface area (Å²) >= 11 is 0. The third kappa shape index (κ3) is 3.17. The second-order valence-electron chi connectivity index (χ2n) is 3.48. The Kier molecular flexibility index (Phi) is 3.93. The van der Waals surface area contributed by atoms with Crippen LogP contribution in [0.15, 0.2) is 0 Å². The van der Waals surface area contributed by atoms with Crippen LogP contribution >= 0.6 is 0 Å². The highest BCUT2D eigenvalue weighted by molar-refractivity contribution is 5.74. The molecule has 0 amide bonds. The van der Waals surface area contributed by atoms with Crippen molar-refractivity contribution in [3.63, 3.8) is 0 Å². The van der Waals surface area contributed by atoms with Crippen LogP contribution in [-0.4, -0.2) is 28.5 Å². The number of halogens is 3. The van der Waals surface area contributed by atoms with Crippen molar-refractivity contribution in [1.29, 1.82) is 0 Å². The van der Waals surface area contributed by atoms with E-state index < -0.39 is 30.1 Å². The Balaban J connectivity index is 4.56. The van der Waals surface area contributed by atoms with Crippen LogP contribution in [0.4, 0.5) is 13.2 Å². The monoisotopic (exact) mass is 214 g/mol. The summed E-state index contributed by atoms with van der Waals surface area (Å²) < 4.78 is 35.8. The minimum atomic E-state index is -4.76. The molecule has 3 nitrogen and oxygen atoms in total. The van der Waals surface area contributed by atoms with E-state index >= 15 is 0 Å². The summed E-state index contributed by atoms with van der Waals surface area (Å²) in [4.78, 5) is 10.6. The van der Waals surface area contributed by atoms with E-state index in [4.69, 9.17) is 10.2 Å². The number of carbonyl (C=O) groups is 1. The minimum absolute atomic E-state index is 0.0372. The molecule has 0 spiro atoms. The van der Waals surface area contributed by atoms with Gasteiger partial charge in [-0.25, -0.2) is 0 Å². The van der Waals surface area contributed by atoms with E-state index in [0.717, 1.165) is 0 Å². The van der Waals surface area contributed by atoms with Gasteiger partial charge in [0, 0.05) is 0 Å². The smallest absolute Gasteiger partial charge is 0.414 e. The Labute approximate surface area is 79.5 Å². The molecule has 0 aliphatic heterocycles. The van der Waals surface area contributed by atoms with Gasteiger partial charge in [0.1, 0.15) is 0 Å². The molecule has 2 unspecified atom stereocenters. The Bertz CT molecular complexity index is 214. The maximum absolute atomic E-state index is 11.9. The number of carboxylic acid groups (broad SMARTS) is 1. The molecule has 0 aromatic carbocycles. The fourth-order valence-corrected chi connectivity index (χ4v) is 0.925. The number of carboxylic acids is 1. The molecule has 0 aromatic rings. The number of rotatable bonds is 4. The summed E-state index contributed by atoms with van der Waals surface area (Å²) in [6, 6.07) is 0. The maximum atomic E-state index is 11.9. The Morgan fingerprint density at radius 3 is 2.07 bits per heavy atom. The zero-order valence-corrected chi connectivity index (χ0v) is 7.93. The first-order valence-corrected chi connectivity index (χ1v) is 4.11. The molecule has 0 saturated heterocycles. The summed E-state index contributed by atoms with van der Waals surface area (Å²) in [7, 11) is 0. The minimum Gasteiger partial charge on any atom is -0.481 e. The SMILES string of the molecule is CCC(C)(CC(O)C(F)(F)F)C(=O)O. The molecule has 14 heavy (non-hydrogen) atoms. The van der Waals surface area contributed by atoms with E-state index in [1.807, 2.05) is 0 Å². The van der Waals surface area contributed by atoms with E-state index in [1.165, 1.54) is 13.8 Å². The van der Waals surface area contributed by atoms with Crippen molar-refractivity contribution in [3.8, 4) is 0 Å². The summed E-state index contributed by atoms with van der Waals surface area (Å²) in [6.45, 7) is 2.65. The molecular formula is C8H13F3O3. The lowest BCUT2D eigenvalue weighted by atomic mass is 9.82. The Morgan fingerprint density at radius 1 is 1.43 bits per heavy atom. The van der Waals surface area contributed by atoms with E-state index in [9.17, 15) is 18.0 Å². The van der Waals surface area contributed by atoms with Gasteiger partial charge in [0.15, 0.2) is 6.10 Å². The van der Waals surface area contributed by atoms with Crippen LogP contribution in [-0.2, 0) is 4.79 Å². The van der Waals surface area contributed by atoms with Gasteiger partial charge >= 0.3 is 12.1 Å². The maximum Gasteiger partial charge on any atom is 0.414 e. The van der Waals surface area contributed by atoms with Crippen LogP contribution in [0.5, 0.6) is 0 Å². The van der Waals surface area contributed by atoms with Crippen LogP contribution in [0.1, 0.15) is 26.7 Å². The number of aliphatic hydroxyl groups excluding tert-OH is 1. The molecule has 0 rings (SSSR count). The molecule has 0 heterocycles. The normalized spacial score (nSPS) is 18.7. The average molecular weight is 214 g/mol. The van der Waals surface area contributed by atoms with Crippen molar-refractivity contribution < 1.29 is 28.2 Å². The number of hydrogen-bond donors (Lipinski definition) is 2. The Morgan fingerprint density at radius 2 is 1.86 bits per heavy atom. The molecular weight excluding hydrogens is 201 g/mol. The van der Waals surface area contributed by atoms with Gasteiger partial charge in [0.25, 0.3) is 0 Å². The predicted molar refractivity (Wildman–Crippen MR) is 42.7 cm³/mol. The molecule has 0 aliphatic rings. The van der Waals surface area contributed by atoms with Gasteiger partial charge in [-0.05, 0) is 19.8 Å². The van der Waals surface area contributed by atoms with Crippen LogP contribution in [0, 0.1) is 5.41 Å². The number of aliphatic carboxylic acids is 1. The first-order chi connectivity index (χ1) is 6.13. The van der Waals surface area contributed by atoms with Crippen molar-refractivity contribution in [2.45, 2.75) is 39.0 Å². The molecule has 0 bridgehead atoms. The molecule has 84 valence electrons. The highest BCUT2D eigenvalue weighted by Gasteiger charge is 2.44. The van der Waals surface area contributed by atoms with Crippen LogP contribution in [0.2, 0.25) is 0 Å². The van der Waals surface area contributed by atoms with Gasteiger partial charge in [-0.1, -0.05) is 6.92 Å². The molecule has 0 fully saturated rings. The standard InChI is InChI=1S/C8H13F3O3/c1-3-7(2,6(13)14)4-5(12)8(9,10)11/h5,12H,3-4H2,1-2H3,(H,13,14). The quantitative estimate of drug-likeness (QED) is 0.750. The van der Waals surface area contributed by atoms with Gasteiger partial charge in [-0.2, -0.15) is 13.2 Å². The number of alkyl halides is 3. The molecule has 0 aromatic heterocycles. The van der Waals surface area contributed by atoms with Gasteiger partial charge in [-0.15, -0.1) is 0 Å². The fourth-order valence-electron chi connectivity index (χ4n) is 0.925. The number of hydrogen-bond acceptors (Lipinski definition) is 2. The molecule has 2 atom stereocenters. The van der Waals surface area contributed by atoms with Crippen molar-refractivity contribution in [2.75, 3.05) is 0 Å². The molecule has 0 saturated carbocycles. The van der Waals surface area contributed by atoms with Crippen molar-refractivity contribution >= 4 is 5.97 Å². The zero-order valence-electron chi connectivity index (χ0n) is 7.93. The molecule has 2 N–H and O–H groups in total. The third-order valence-corrected chi connectivity index (χ3v) is 2.32. The third-order valence-electron chi connectivity index (χ3n) is 2.32. The molecule has 0 aliphatic carbocycles. The Hall–Kier alpha value is -0.780. The van der Waals surface area contributed by atoms with E-state index in [1.54, 1.807) is 0 Å². The van der Waals surface area contributed by atoms with Crippen molar-refractivity contribution in [3.05, 3.63) is 0 Å². The van der Waals surface area contributed by atoms with Gasteiger partial charge in [0.05, 0.1) is 5.41 Å². The lowest BCUT2D eigenvalue weighted by molar-refractivity contribution is -0.213. The lowest BCUT2D eigenvalue weighted by Gasteiger charge is -2.26. The summed E-state index contributed by atoms with van der Waals surface area (Å²) in [6.07, 6.45) is -8.12. The molecule has 6 heteroatoms. The second-order valence-corrected chi connectivity index (χ2v) is 3.48. The first kappa shape index (κ1) is 13.2. The highest BCUT2D eigenvalue weighted by atomic mass is 19.4. The van der Waals surface area contributed by atoms with Crippen LogP contribution < -0.4 is 0 Å². The topological polar surface area (TPSA) is 57.5 Å². The van der Waals surface area contributed by atoms with Crippen molar-refractivity contribution in [1.82, 2.24) is 0 Å². The predicted octanol–water partition coefficient (Wildman–Crippen LogP) is 1.80. The van der Waals surface area contributed by atoms with E-state index in [2.05, 4.69) is 0 Å². The summed E-state index contributed by atoms with van der Waals surface area (Å²) in [5.41, 5.74) is -1.53. The van der Waals surface area contributed by atoms with Gasteiger partial charge < -0.3 is 10.2 Å². The number of aliphatic hydroxyl groups is 1. The van der Waals surface area contributed by atoms with E-state index in [-0.39, 0.29) is 6.42 Å². The largest absolute Gasteiger partial charge is 0.481 e. The fraction of sp³-hybridized carbons (Fsp3) is 0.875. The van der Waals surface area contributed by atoms with Crippen LogP contribution in [0.3, 0.4) is 0 Å². The second kappa shape index (κ2) is 4.16. The van der Waals surface area contributed by atoms with Crippen LogP contribution in [0.25, 0.3) is 0 Å². The zero-order chi connectivity index (χ0) is 11.6. The van der Waals surface area contributed by atoms with Gasteiger partial charge in [0.2, 0.25) is 0 Å². The highest BCUT2D eigenvalue weighted by Crippen LogP contribution is 2.33. The molecule has 0 radical (unpaired) electrons. The van der Waals surface area contributed by atoms with E-state index in [0.29, 0.717) is 0 Å².